The molecule has 0 saturated carbocycles. The fourth-order valence-electron chi connectivity index (χ4n) is 6.18. The van der Waals surface area contributed by atoms with Crippen molar-refractivity contribution in [2.45, 2.75) is 70.4 Å². The standard InChI is InChI=1S/C27H38N2/c1-5-23-19-20-25(6-2,27(29,8-4)26(23,28)7-3)24(21-15-11-9-12-16-21)22-17-13-10-14-18-22/h9-20,23-24H,5-8,28-29H2,1-4H3. The van der Waals surface area contributed by atoms with Crippen LogP contribution < -0.4 is 11.5 Å². The molecule has 2 nitrogen and oxygen atoms in total. The number of rotatable bonds is 7. The van der Waals surface area contributed by atoms with Gasteiger partial charge in [-0.2, -0.15) is 0 Å². The lowest BCUT2D eigenvalue weighted by atomic mass is 9.45. The monoisotopic (exact) mass is 390 g/mol. The summed E-state index contributed by atoms with van der Waals surface area (Å²) in [7, 11) is 0. The van der Waals surface area contributed by atoms with Crippen LogP contribution in [0.15, 0.2) is 72.8 Å². The van der Waals surface area contributed by atoms with Crippen molar-refractivity contribution in [3.8, 4) is 0 Å². The van der Waals surface area contributed by atoms with Crippen molar-refractivity contribution in [1.29, 1.82) is 0 Å². The van der Waals surface area contributed by atoms with Gasteiger partial charge < -0.3 is 11.5 Å². The molecule has 156 valence electrons. The summed E-state index contributed by atoms with van der Waals surface area (Å²) < 4.78 is 0. The largest absolute Gasteiger partial charge is 0.323 e. The van der Waals surface area contributed by atoms with Crippen LogP contribution in [0.1, 0.15) is 70.4 Å². The van der Waals surface area contributed by atoms with Crippen LogP contribution in [0.2, 0.25) is 0 Å². The lowest BCUT2D eigenvalue weighted by Gasteiger charge is -2.63. The van der Waals surface area contributed by atoms with E-state index in [4.69, 9.17) is 11.5 Å². The summed E-state index contributed by atoms with van der Waals surface area (Å²) in [6.45, 7) is 8.94. The van der Waals surface area contributed by atoms with Gasteiger partial charge in [-0.15, -0.1) is 0 Å². The molecule has 0 saturated heterocycles. The molecule has 2 aromatic carbocycles. The Morgan fingerprint density at radius 2 is 1.28 bits per heavy atom. The van der Waals surface area contributed by atoms with Gasteiger partial charge in [-0.3, -0.25) is 0 Å². The Morgan fingerprint density at radius 1 is 0.759 bits per heavy atom. The molecule has 4 N–H and O–H groups in total. The number of nitrogens with two attached hydrogens (primary N) is 2. The molecule has 4 unspecified atom stereocenters. The molecular formula is C27H38N2. The van der Waals surface area contributed by atoms with Crippen LogP contribution in [0.5, 0.6) is 0 Å². The maximum absolute atomic E-state index is 7.50. The topological polar surface area (TPSA) is 52.0 Å². The second-order valence-corrected chi connectivity index (χ2v) is 8.74. The van der Waals surface area contributed by atoms with Gasteiger partial charge in [0, 0.05) is 22.4 Å². The van der Waals surface area contributed by atoms with Crippen LogP contribution in [0.25, 0.3) is 0 Å². The summed E-state index contributed by atoms with van der Waals surface area (Å²) in [5, 5.41) is 0. The average Bonchev–Trinajstić information content (AvgIpc) is 2.78. The maximum atomic E-state index is 7.50. The molecular weight excluding hydrogens is 352 g/mol. The van der Waals surface area contributed by atoms with Gasteiger partial charge in [0.25, 0.3) is 0 Å². The van der Waals surface area contributed by atoms with Gasteiger partial charge in [-0.25, -0.2) is 0 Å². The first-order valence-corrected chi connectivity index (χ1v) is 11.3. The fourth-order valence-corrected chi connectivity index (χ4v) is 6.18. The molecule has 29 heavy (non-hydrogen) atoms. The quantitative estimate of drug-likeness (QED) is 0.567. The molecule has 0 heterocycles. The average molecular weight is 391 g/mol. The summed E-state index contributed by atoms with van der Waals surface area (Å²) in [6, 6.07) is 21.7. The minimum Gasteiger partial charge on any atom is -0.323 e. The Hall–Kier alpha value is -1.90. The van der Waals surface area contributed by atoms with Gasteiger partial charge in [0.2, 0.25) is 0 Å². The molecule has 0 aliphatic heterocycles. The third-order valence-electron chi connectivity index (χ3n) is 7.90. The van der Waals surface area contributed by atoms with Crippen LogP contribution >= 0.6 is 0 Å². The molecule has 2 aromatic rings. The van der Waals surface area contributed by atoms with Crippen LogP contribution in [0, 0.1) is 11.3 Å². The normalized spacial score (nSPS) is 31.9. The van der Waals surface area contributed by atoms with Crippen LogP contribution in [-0.4, -0.2) is 11.1 Å². The lowest BCUT2D eigenvalue weighted by molar-refractivity contribution is 0.0148. The highest BCUT2D eigenvalue weighted by molar-refractivity contribution is 5.43. The van der Waals surface area contributed by atoms with E-state index >= 15 is 0 Å². The van der Waals surface area contributed by atoms with Crippen LogP contribution in [0.3, 0.4) is 0 Å². The van der Waals surface area contributed by atoms with Crippen LogP contribution in [0.4, 0.5) is 0 Å². The van der Waals surface area contributed by atoms with E-state index in [1.807, 2.05) is 0 Å². The third-order valence-corrected chi connectivity index (χ3v) is 7.90. The molecule has 0 spiro atoms. The van der Waals surface area contributed by atoms with Gasteiger partial charge in [0.05, 0.1) is 0 Å². The van der Waals surface area contributed by atoms with Gasteiger partial charge in [-0.1, -0.05) is 101 Å². The van der Waals surface area contributed by atoms with Crippen molar-refractivity contribution >= 4 is 0 Å². The maximum Gasteiger partial charge on any atom is 0.0441 e. The van der Waals surface area contributed by atoms with E-state index in [2.05, 4.69) is 101 Å². The third kappa shape index (κ3) is 3.17. The predicted molar refractivity (Wildman–Crippen MR) is 125 cm³/mol. The first-order valence-electron chi connectivity index (χ1n) is 11.3. The summed E-state index contributed by atoms with van der Waals surface area (Å²) >= 11 is 0. The van der Waals surface area contributed by atoms with Crippen molar-refractivity contribution in [2.75, 3.05) is 0 Å². The molecule has 4 atom stereocenters. The highest BCUT2D eigenvalue weighted by Crippen LogP contribution is 2.59. The molecule has 0 fully saturated rings. The smallest absolute Gasteiger partial charge is 0.0441 e. The van der Waals surface area contributed by atoms with E-state index in [0.717, 1.165) is 25.7 Å². The molecule has 0 radical (unpaired) electrons. The highest BCUT2D eigenvalue weighted by atomic mass is 15.0. The summed E-state index contributed by atoms with van der Waals surface area (Å²) in [5.41, 5.74) is 16.2. The first-order chi connectivity index (χ1) is 13.9. The van der Waals surface area contributed by atoms with Gasteiger partial charge in [-0.05, 0) is 42.7 Å². The summed E-state index contributed by atoms with van der Waals surface area (Å²) in [6.07, 6.45) is 8.50. The van der Waals surface area contributed by atoms with Crippen molar-refractivity contribution in [3.05, 3.63) is 83.9 Å². The van der Waals surface area contributed by atoms with E-state index < -0.39 is 11.1 Å². The first kappa shape index (κ1) is 21.8. The highest BCUT2D eigenvalue weighted by Gasteiger charge is 2.62. The zero-order chi connectivity index (χ0) is 21.1. The zero-order valence-electron chi connectivity index (χ0n) is 18.6. The number of hydrogen-bond donors (Lipinski definition) is 2. The lowest BCUT2D eigenvalue weighted by Crippen LogP contribution is -2.77. The molecule has 3 rings (SSSR count). The Labute approximate surface area is 177 Å². The Morgan fingerprint density at radius 3 is 1.66 bits per heavy atom. The van der Waals surface area contributed by atoms with Gasteiger partial charge >= 0.3 is 0 Å². The van der Waals surface area contributed by atoms with E-state index in [0.29, 0.717) is 5.92 Å². The van der Waals surface area contributed by atoms with E-state index in [-0.39, 0.29) is 11.3 Å². The molecule has 0 bridgehead atoms. The van der Waals surface area contributed by atoms with Crippen molar-refractivity contribution < 1.29 is 0 Å². The van der Waals surface area contributed by atoms with E-state index in [1.54, 1.807) is 0 Å². The molecule has 0 amide bonds. The van der Waals surface area contributed by atoms with Crippen LogP contribution in [-0.2, 0) is 0 Å². The van der Waals surface area contributed by atoms with Gasteiger partial charge in [0.15, 0.2) is 0 Å². The second-order valence-electron chi connectivity index (χ2n) is 8.74. The molecule has 1 aliphatic carbocycles. The molecule has 2 heteroatoms. The summed E-state index contributed by atoms with van der Waals surface area (Å²) in [5.74, 6) is 0.452. The Balaban J connectivity index is 2.34. The van der Waals surface area contributed by atoms with E-state index in [9.17, 15) is 0 Å². The van der Waals surface area contributed by atoms with Crippen molar-refractivity contribution in [1.82, 2.24) is 0 Å². The fraction of sp³-hybridized carbons (Fsp3) is 0.481. The Bertz CT molecular complexity index is 775. The minimum atomic E-state index is -0.519. The SMILES string of the molecule is CCC1C=CC(CC)(C(c2ccccc2)c2ccccc2)C(N)(CC)C1(N)CC. The minimum absolute atomic E-state index is 0.156. The zero-order valence-corrected chi connectivity index (χ0v) is 18.6. The van der Waals surface area contributed by atoms with E-state index in [1.165, 1.54) is 11.1 Å². The molecule has 0 aromatic heterocycles. The van der Waals surface area contributed by atoms with Crippen molar-refractivity contribution in [3.63, 3.8) is 0 Å². The number of benzene rings is 2. The Kier molecular flexibility index (Phi) is 6.36. The van der Waals surface area contributed by atoms with Gasteiger partial charge in [0.1, 0.15) is 0 Å². The summed E-state index contributed by atoms with van der Waals surface area (Å²) in [4.78, 5) is 0. The number of hydrogen-bond acceptors (Lipinski definition) is 2. The predicted octanol–water partition coefficient (Wildman–Crippen LogP) is 6.03. The second kappa shape index (κ2) is 8.45. The van der Waals surface area contributed by atoms with Crippen molar-refractivity contribution in [2.24, 2.45) is 22.8 Å². The molecule has 1 aliphatic rings.